The van der Waals surface area contributed by atoms with Crippen LogP contribution < -0.4 is 10.4 Å². The number of benzene rings is 8. The van der Waals surface area contributed by atoms with Gasteiger partial charge in [-0.1, -0.05) is 232 Å². The van der Waals surface area contributed by atoms with Crippen LogP contribution in [0, 0.1) is 6.07 Å². The summed E-state index contributed by atoms with van der Waals surface area (Å²) in [6.45, 7) is 13.7. The van der Waals surface area contributed by atoms with Crippen LogP contribution >= 0.6 is 0 Å². The van der Waals surface area contributed by atoms with E-state index in [0.29, 0.717) is 0 Å². The molecular weight excluding hydrogens is 951 g/mol. The topological polar surface area (TPSA) is 0 Å². The first-order chi connectivity index (χ1) is 30.5. The van der Waals surface area contributed by atoms with Crippen LogP contribution in [0.2, 0.25) is 0 Å². The van der Waals surface area contributed by atoms with Gasteiger partial charge in [0.2, 0.25) is 0 Å². The number of rotatable bonds is 4. The Morgan fingerprint density at radius 2 is 0.797 bits per heavy atom. The van der Waals surface area contributed by atoms with Crippen molar-refractivity contribution < 1.29 is 25.8 Å². The van der Waals surface area contributed by atoms with E-state index in [2.05, 4.69) is 254 Å². The molecule has 1 aliphatic heterocycles. The molecule has 10 aromatic carbocycles. The maximum atomic E-state index is 3.31. The summed E-state index contributed by atoms with van der Waals surface area (Å²) >= 11 is 0. The summed E-state index contributed by atoms with van der Waals surface area (Å²) in [7, 11) is 0.795. The molecule has 2 radical (unpaired) electrons. The molecule has 0 saturated heterocycles. The first kappa shape index (κ1) is 44.7. The number of hydrogen-bond donors (Lipinski definition) is 0. The van der Waals surface area contributed by atoms with Crippen molar-refractivity contribution in [3.8, 4) is 55.6 Å². The molecule has 0 saturated carbocycles. The fraction of sp³-hybridized carbons (Fsp3) is 0.129. The molecule has 0 fully saturated rings. The van der Waals surface area contributed by atoms with E-state index in [1.54, 1.807) is 0 Å². The third kappa shape index (κ3) is 9.46. The Morgan fingerprint density at radius 3 is 1.28 bits per heavy atom. The molecule has 2 heteroatoms. The fourth-order valence-electron chi connectivity index (χ4n) is 9.00. The maximum absolute atomic E-state index is 3.31. The third-order valence-electron chi connectivity index (χ3n) is 12.1. The van der Waals surface area contributed by atoms with Crippen LogP contribution in [0.1, 0.15) is 52.7 Å². The summed E-state index contributed by atoms with van der Waals surface area (Å²) in [6, 6.07) is 79.6. The molecule has 0 amide bonds. The summed E-state index contributed by atoms with van der Waals surface area (Å²) in [5.41, 5.74) is 16.2. The Bertz CT molecular complexity index is 2940. The van der Waals surface area contributed by atoms with Gasteiger partial charge in [0, 0.05) is 25.8 Å². The van der Waals surface area contributed by atoms with Gasteiger partial charge in [-0.3, -0.25) is 0 Å². The van der Waals surface area contributed by atoms with Crippen molar-refractivity contribution in [2.24, 2.45) is 0 Å². The van der Waals surface area contributed by atoms with Crippen LogP contribution in [-0.2, 0) is 36.7 Å². The number of hydrogen-bond acceptors (Lipinski definition) is 0. The fourth-order valence-corrected chi connectivity index (χ4v) is 10.3. The molecule has 0 atom stereocenters. The maximum Gasteiger partial charge on any atom is 0.0920 e. The van der Waals surface area contributed by atoms with Gasteiger partial charge in [-0.05, 0) is 33.1 Å². The van der Waals surface area contributed by atoms with E-state index in [1.165, 1.54) is 98.7 Å². The van der Waals surface area contributed by atoms with E-state index in [1.807, 2.05) is 6.07 Å². The first-order valence-corrected chi connectivity index (χ1v) is 23.1. The van der Waals surface area contributed by atoms with E-state index in [4.69, 9.17) is 0 Å². The second kappa shape index (κ2) is 19.0. The van der Waals surface area contributed by atoms with Crippen LogP contribution in [-0.4, -0.2) is 9.52 Å². The minimum atomic E-state index is 0. The largest absolute Gasteiger partial charge is 0.184 e. The van der Waals surface area contributed by atoms with Gasteiger partial charge in [0.25, 0.3) is 0 Å². The zero-order chi connectivity index (χ0) is 43.6. The molecule has 0 aliphatic carbocycles. The van der Waals surface area contributed by atoms with E-state index >= 15 is 0 Å². The molecule has 0 unspecified atom stereocenters. The van der Waals surface area contributed by atoms with Gasteiger partial charge in [-0.2, -0.15) is 29.5 Å². The Labute approximate surface area is 402 Å². The molecule has 1 heterocycles. The second-order valence-electron chi connectivity index (χ2n) is 18.6. The van der Waals surface area contributed by atoms with Crippen LogP contribution in [0.3, 0.4) is 0 Å². The normalized spacial score (nSPS) is 11.7. The first-order valence-electron chi connectivity index (χ1n) is 22.1. The van der Waals surface area contributed by atoms with Crippen LogP contribution in [0.15, 0.2) is 212 Å². The summed E-state index contributed by atoms with van der Waals surface area (Å²) in [4.78, 5) is 0. The zero-order valence-electron chi connectivity index (χ0n) is 37.7. The molecule has 64 heavy (non-hydrogen) atoms. The molecule has 0 N–H and O–H groups in total. The molecule has 0 aromatic heterocycles. The smallest absolute Gasteiger partial charge is 0.0920 e. The van der Waals surface area contributed by atoms with Gasteiger partial charge in [0.05, 0.1) is 9.52 Å². The monoisotopic (exact) mass is 1010 g/mol. The molecule has 0 nitrogen and oxygen atoms in total. The van der Waals surface area contributed by atoms with Crippen LogP contribution in [0.5, 0.6) is 0 Å². The SMILES string of the molecule is CC(C)(C)c1ccccc1-c1cccc2[cH-]c(-c3ccccc3)cc12.CC(C)(C)c1ccccc1-c1cccc2[cH-]c(-c3ccccc3)cc12.[Hf].[c-]1cccc2c1[Si]c1ccccc1-2. The van der Waals surface area contributed by atoms with E-state index in [0.717, 1.165) is 9.52 Å². The predicted octanol–water partition coefficient (Wildman–Crippen LogP) is 15.5. The standard InChI is InChI=1S/2C25H23.C12H7Si.Hf/c2*1-25(2,3)24-15-8-7-13-22(24)21-14-9-12-19-16-20(17-23(19)21)18-10-5-4-6-11-18;1-3-7-11-9(5-1)10-6-2-4-8-12(10)13-11;/h2*4-17H,1-3H3;1-7H;/q3*-1;. The van der Waals surface area contributed by atoms with Gasteiger partial charge >= 0.3 is 0 Å². The minimum Gasteiger partial charge on any atom is -0.184 e. The van der Waals surface area contributed by atoms with Crippen molar-refractivity contribution >= 4 is 41.4 Å². The Hall–Kier alpha value is -5.93. The average molecular weight is 1000 g/mol. The molecule has 0 spiro atoms. The van der Waals surface area contributed by atoms with Crippen molar-refractivity contribution in [1.82, 2.24) is 0 Å². The molecule has 0 bridgehead atoms. The summed E-state index contributed by atoms with van der Waals surface area (Å²) in [5.74, 6) is 0. The van der Waals surface area contributed by atoms with Crippen molar-refractivity contribution in [3.05, 3.63) is 230 Å². The summed E-state index contributed by atoms with van der Waals surface area (Å²) in [6.07, 6.45) is 0. The van der Waals surface area contributed by atoms with Gasteiger partial charge in [0.1, 0.15) is 0 Å². The van der Waals surface area contributed by atoms with E-state index < -0.39 is 0 Å². The Kier molecular flexibility index (Phi) is 13.3. The van der Waals surface area contributed by atoms with Crippen molar-refractivity contribution in [2.75, 3.05) is 0 Å². The van der Waals surface area contributed by atoms with Gasteiger partial charge in [-0.15, -0.1) is 74.6 Å². The zero-order valence-corrected chi connectivity index (χ0v) is 42.3. The Morgan fingerprint density at radius 1 is 0.391 bits per heavy atom. The van der Waals surface area contributed by atoms with E-state index in [-0.39, 0.29) is 36.7 Å². The number of fused-ring (bicyclic) bond motifs is 5. The Balaban J connectivity index is 0.000000136. The molecule has 10 aromatic rings. The van der Waals surface area contributed by atoms with Gasteiger partial charge in [-0.25, -0.2) is 0 Å². The van der Waals surface area contributed by atoms with Crippen molar-refractivity contribution in [2.45, 2.75) is 52.4 Å². The van der Waals surface area contributed by atoms with Crippen molar-refractivity contribution in [1.29, 1.82) is 0 Å². The predicted molar refractivity (Wildman–Crippen MR) is 274 cm³/mol. The second-order valence-corrected chi connectivity index (χ2v) is 19.8. The quantitative estimate of drug-likeness (QED) is 0.122. The van der Waals surface area contributed by atoms with Crippen molar-refractivity contribution in [3.63, 3.8) is 0 Å². The average Bonchev–Trinajstić information content (AvgIpc) is 4.05. The molecular formula is C62H53HfSi-3. The van der Waals surface area contributed by atoms with E-state index in [9.17, 15) is 0 Å². The molecule has 11 rings (SSSR count). The minimum absolute atomic E-state index is 0. The van der Waals surface area contributed by atoms with Gasteiger partial charge in [0.15, 0.2) is 0 Å². The summed E-state index contributed by atoms with van der Waals surface area (Å²) in [5, 5.41) is 8.10. The van der Waals surface area contributed by atoms with Crippen LogP contribution in [0.25, 0.3) is 77.2 Å². The third-order valence-corrected chi connectivity index (χ3v) is 13.5. The summed E-state index contributed by atoms with van der Waals surface area (Å²) < 4.78 is 0. The molecule has 1 aliphatic rings. The van der Waals surface area contributed by atoms with Crippen LogP contribution in [0.4, 0.5) is 0 Å². The van der Waals surface area contributed by atoms with Gasteiger partial charge < -0.3 is 0 Å². The molecule has 312 valence electrons.